The van der Waals surface area contributed by atoms with Gasteiger partial charge in [-0.1, -0.05) is 13.0 Å². The van der Waals surface area contributed by atoms with Crippen molar-refractivity contribution in [1.82, 2.24) is 9.80 Å². The molecule has 7 nitrogen and oxygen atoms in total. The number of ether oxygens (including phenoxy) is 2. The number of rotatable bonds is 4. The Labute approximate surface area is 147 Å². The number of nitrogens with zero attached hydrogens (tertiary/aromatic N) is 2. The molecule has 1 atom stereocenters. The fourth-order valence-corrected chi connectivity index (χ4v) is 3.67. The molecule has 2 aliphatic rings. The maximum absolute atomic E-state index is 13.2. The molecule has 1 aromatic rings. The molecule has 25 heavy (non-hydrogen) atoms. The van der Waals surface area contributed by atoms with Crippen molar-refractivity contribution in [2.75, 3.05) is 33.4 Å². The summed E-state index contributed by atoms with van der Waals surface area (Å²) in [6.45, 7) is 4.61. The second-order valence-electron chi connectivity index (χ2n) is 6.45. The van der Waals surface area contributed by atoms with Gasteiger partial charge < -0.3 is 19.5 Å². The molecule has 1 spiro atoms. The van der Waals surface area contributed by atoms with Crippen LogP contribution in [-0.4, -0.2) is 71.9 Å². The van der Waals surface area contributed by atoms with Crippen LogP contribution in [0.3, 0.4) is 0 Å². The summed E-state index contributed by atoms with van der Waals surface area (Å²) in [6.07, 6.45) is 1.22. The number of aliphatic carboxylic acids is 1. The van der Waals surface area contributed by atoms with Crippen molar-refractivity contribution in [3.05, 3.63) is 29.8 Å². The highest BCUT2D eigenvalue weighted by atomic mass is 16.5. The highest BCUT2D eigenvalue weighted by molar-refractivity contribution is 5.97. The number of piperidine rings is 1. The van der Waals surface area contributed by atoms with E-state index in [0.717, 1.165) is 19.6 Å². The molecule has 0 aromatic heterocycles. The molecule has 0 aliphatic carbocycles. The molecule has 7 heteroatoms. The minimum Gasteiger partial charge on any atom is -0.497 e. The molecule has 136 valence electrons. The van der Waals surface area contributed by atoms with Crippen LogP contribution in [0.4, 0.5) is 0 Å². The molecule has 1 aromatic carbocycles. The average molecular weight is 348 g/mol. The van der Waals surface area contributed by atoms with E-state index in [-0.39, 0.29) is 12.5 Å². The van der Waals surface area contributed by atoms with Gasteiger partial charge in [-0.3, -0.25) is 9.69 Å². The maximum atomic E-state index is 13.2. The monoisotopic (exact) mass is 348 g/mol. The maximum Gasteiger partial charge on any atom is 0.328 e. The van der Waals surface area contributed by atoms with Gasteiger partial charge in [-0.25, -0.2) is 4.79 Å². The molecule has 0 bridgehead atoms. The summed E-state index contributed by atoms with van der Waals surface area (Å²) in [7, 11) is 1.53. The van der Waals surface area contributed by atoms with Gasteiger partial charge in [0.05, 0.1) is 13.7 Å². The highest BCUT2D eigenvalue weighted by Gasteiger charge is 2.53. The number of likely N-dealkylation sites (tertiary alicyclic amines) is 1. The Morgan fingerprint density at radius 2 is 2.08 bits per heavy atom. The van der Waals surface area contributed by atoms with Crippen molar-refractivity contribution in [3.63, 3.8) is 0 Å². The third kappa shape index (κ3) is 3.21. The highest BCUT2D eigenvalue weighted by Crippen LogP contribution is 2.38. The van der Waals surface area contributed by atoms with Gasteiger partial charge in [0, 0.05) is 31.5 Å². The fraction of sp³-hybridized carbons (Fsp3) is 0.556. The predicted octanol–water partition coefficient (Wildman–Crippen LogP) is 1.43. The minimum absolute atomic E-state index is 0.0250. The van der Waals surface area contributed by atoms with Crippen LogP contribution in [0.1, 0.15) is 30.1 Å². The van der Waals surface area contributed by atoms with E-state index in [4.69, 9.17) is 9.47 Å². The molecule has 2 aliphatic heterocycles. The lowest BCUT2D eigenvalue weighted by molar-refractivity contribution is -0.143. The van der Waals surface area contributed by atoms with Crippen LogP contribution in [0.25, 0.3) is 0 Å². The number of carboxylic acids is 1. The number of carboxylic acid groups (broad SMARTS) is 1. The lowest BCUT2D eigenvalue weighted by Gasteiger charge is -2.44. The third-order valence-electron chi connectivity index (χ3n) is 5.17. The Morgan fingerprint density at radius 1 is 1.36 bits per heavy atom. The largest absolute Gasteiger partial charge is 0.497 e. The van der Waals surface area contributed by atoms with Crippen LogP contribution in [0, 0.1) is 0 Å². The smallest absolute Gasteiger partial charge is 0.328 e. The van der Waals surface area contributed by atoms with Crippen LogP contribution in [0.15, 0.2) is 24.3 Å². The first kappa shape index (κ1) is 17.7. The molecular weight excluding hydrogens is 324 g/mol. The Balaban J connectivity index is 1.92. The second kappa shape index (κ2) is 7.01. The SMILES string of the molecule is CCN1CCC2(CC1)OCC(C(=O)O)N2C(=O)c1cccc(OC)c1. The molecule has 3 rings (SSSR count). The first-order valence-corrected chi connectivity index (χ1v) is 8.57. The Hall–Kier alpha value is -2.12. The summed E-state index contributed by atoms with van der Waals surface area (Å²) < 4.78 is 11.1. The minimum atomic E-state index is -1.04. The quantitative estimate of drug-likeness (QED) is 0.887. The normalized spacial score (nSPS) is 23.0. The van der Waals surface area contributed by atoms with E-state index in [1.807, 2.05) is 0 Å². The van der Waals surface area contributed by atoms with Crippen molar-refractivity contribution < 1.29 is 24.2 Å². The van der Waals surface area contributed by atoms with E-state index < -0.39 is 17.7 Å². The number of benzene rings is 1. The van der Waals surface area contributed by atoms with Gasteiger partial charge in [0.2, 0.25) is 0 Å². The zero-order valence-electron chi connectivity index (χ0n) is 14.6. The van der Waals surface area contributed by atoms with Gasteiger partial charge >= 0.3 is 5.97 Å². The van der Waals surface area contributed by atoms with Crippen molar-refractivity contribution in [3.8, 4) is 5.75 Å². The van der Waals surface area contributed by atoms with Crippen molar-refractivity contribution >= 4 is 11.9 Å². The summed E-state index contributed by atoms with van der Waals surface area (Å²) in [6, 6.07) is 5.82. The van der Waals surface area contributed by atoms with Gasteiger partial charge in [-0.15, -0.1) is 0 Å². The fourth-order valence-electron chi connectivity index (χ4n) is 3.67. The molecule has 1 N–H and O–H groups in total. The van der Waals surface area contributed by atoms with E-state index in [2.05, 4.69) is 11.8 Å². The van der Waals surface area contributed by atoms with E-state index in [1.165, 1.54) is 12.0 Å². The molecule has 1 unspecified atom stereocenters. The van der Waals surface area contributed by atoms with Crippen LogP contribution in [-0.2, 0) is 9.53 Å². The summed E-state index contributed by atoms with van der Waals surface area (Å²) in [5.41, 5.74) is -0.428. The van der Waals surface area contributed by atoms with Gasteiger partial charge in [0.15, 0.2) is 6.04 Å². The molecular formula is C18H24N2O5. The lowest BCUT2D eigenvalue weighted by atomic mass is 9.96. The van der Waals surface area contributed by atoms with Crippen LogP contribution >= 0.6 is 0 Å². The third-order valence-corrected chi connectivity index (χ3v) is 5.17. The van der Waals surface area contributed by atoms with Crippen LogP contribution in [0.2, 0.25) is 0 Å². The Kier molecular flexibility index (Phi) is 4.96. The van der Waals surface area contributed by atoms with Crippen LogP contribution < -0.4 is 4.74 Å². The number of carbonyl (C=O) groups excluding carboxylic acids is 1. The van der Waals surface area contributed by atoms with Crippen molar-refractivity contribution in [2.45, 2.75) is 31.5 Å². The lowest BCUT2D eigenvalue weighted by Crippen LogP contribution is -2.58. The summed E-state index contributed by atoms with van der Waals surface area (Å²) in [4.78, 5) is 28.6. The van der Waals surface area contributed by atoms with Gasteiger partial charge in [-0.05, 0) is 24.7 Å². The molecule has 1 amide bonds. The first-order chi connectivity index (χ1) is 12.0. The zero-order valence-corrected chi connectivity index (χ0v) is 14.6. The van der Waals surface area contributed by atoms with E-state index in [1.54, 1.807) is 24.3 Å². The molecule has 0 radical (unpaired) electrons. The van der Waals surface area contributed by atoms with Crippen molar-refractivity contribution in [1.29, 1.82) is 0 Å². The number of hydrogen-bond acceptors (Lipinski definition) is 5. The Bertz CT molecular complexity index is 655. The molecule has 2 fully saturated rings. The second-order valence-corrected chi connectivity index (χ2v) is 6.45. The standard InChI is InChI=1S/C18H24N2O5/c1-3-19-9-7-18(8-10-19)20(15(12-25-18)17(22)23)16(21)13-5-4-6-14(11-13)24-2/h4-6,11,15H,3,7-10,12H2,1-2H3,(H,22,23). The number of amides is 1. The summed E-state index contributed by atoms with van der Waals surface area (Å²) >= 11 is 0. The zero-order chi connectivity index (χ0) is 18.0. The van der Waals surface area contributed by atoms with Crippen LogP contribution in [0.5, 0.6) is 5.75 Å². The predicted molar refractivity (Wildman–Crippen MR) is 90.6 cm³/mol. The summed E-state index contributed by atoms with van der Waals surface area (Å²) in [5.74, 6) is -0.799. The first-order valence-electron chi connectivity index (χ1n) is 8.57. The van der Waals surface area contributed by atoms with E-state index >= 15 is 0 Å². The number of carbonyl (C=O) groups is 2. The van der Waals surface area contributed by atoms with Gasteiger partial charge in [-0.2, -0.15) is 0 Å². The molecule has 0 saturated carbocycles. The van der Waals surface area contributed by atoms with E-state index in [9.17, 15) is 14.7 Å². The van der Waals surface area contributed by atoms with Gasteiger partial charge in [0.25, 0.3) is 5.91 Å². The Morgan fingerprint density at radius 3 is 2.68 bits per heavy atom. The van der Waals surface area contributed by atoms with Gasteiger partial charge in [0.1, 0.15) is 11.5 Å². The van der Waals surface area contributed by atoms with E-state index in [0.29, 0.717) is 24.2 Å². The average Bonchev–Trinajstić information content (AvgIpc) is 3.01. The molecule has 2 saturated heterocycles. The number of methoxy groups -OCH3 is 1. The molecule has 2 heterocycles. The summed E-state index contributed by atoms with van der Waals surface area (Å²) in [5, 5.41) is 9.58. The van der Waals surface area contributed by atoms with Crippen molar-refractivity contribution in [2.24, 2.45) is 0 Å². The topological polar surface area (TPSA) is 79.3 Å². The number of hydrogen-bond donors (Lipinski definition) is 1.